The van der Waals surface area contributed by atoms with E-state index < -0.39 is 20.4 Å². The van der Waals surface area contributed by atoms with E-state index in [9.17, 15) is 24.6 Å². The molecular weight excluding hydrogens is 1260 g/mol. The molecule has 3 fully saturated rings. The number of aliphatic hydroxyl groups excluding tert-OH is 1. The molecule has 15 rings (SSSR count). The van der Waals surface area contributed by atoms with Gasteiger partial charge in [0.2, 0.25) is 0 Å². The zero-order chi connectivity index (χ0) is 70.0. The first kappa shape index (κ1) is 67.8. The molecule has 3 saturated carbocycles. The minimum absolute atomic E-state index is 0.0126. The van der Waals surface area contributed by atoms with Crippen molar-refractivity contribution in [3.63, 3.8) is 0 Å². The third-order valence-corrected chi connectivity index (χ3v) is 23.2. The van der Waals surface area contributed by atoms with Gasteiger partial charge in [-0.1, -0.05) is 27.7 Å². The van der Waals surface area contributed by atoms with Crippen molar-refractivity contribution in [2.45, 2.75) is 155 Å². The molecule has 6 atom stereocenters. The molecule has 9 N–H and O–H groups in total. The standard InChI is InChI=1S/C27H37N7O2Si.C21H23N7O2.C18H18N6O2.C4H9N/c1-16(2)33-15-19(17-10-9-11-29-24(17)33)20-13-23(28-6)34-25(31-20)18(14-30-34)26(35)32-21-12-22(21)36-37(7,8)27(3,4)5;1-11(2)27-10-14(12-5-4-6-23-19(12)27)15-8-18(22-3)28-20(25-15)13(9-24-28)21(30)26-16-7-17(16)29;1-10(2)23-9-13(11-5-4-6-20-16(11)23)14-7-15(19-3)24-17(22-14)12(8-21-24)18(25)26;1-3-2-4(3)5/h9-11,13-16,21-22,28H,12H2,1-8H3,(H,32,35);4-6,8-11,16-17,22,29H,7H2,1-3H3,(H,26,30);4-10,19H,1-3H3,(H,25,26);3-4H,2,5H2,1H3/t21-,22-;16-,17-;;3-,4-/m11.1/s1. The van der Waals surface area contributed by atoms with E-state index in [1.54, 1.807) is 47.9 Å². The van der Waals surface area contributed by atoms with E-state index in [1.807, 2.05) is 61.8 Å². The Bertz CT molecular complexity index is 4990. The number of nitrogens with zero attached hydrogens (tertiary/aromatic N) is 15. The third kappa shape index (κ3) is 13.3. The first-order valence-electron chi connectivity index (χ1n) is 33.2. The molecule has 2 amide bonds. The summed E-state index contributed by atoms with van der Waals surface area (Å²) in [6, 6.07) is 18.6. The Kier molecular flexibility index (Phi) is 18.5. The molecule has 0 radical (unpaired) electrons. The van der Waals surface area contributed by atoms with Crippen molar-refractivity contribution in [2.75, 3.05) is 37.1 Å². The molecule has 3 aliphatic rings. The van der Waals surface area contributed by atoms with E-state index in [2.05, 4.69) is 176 Å². The molecule has 0 bridgehead atoms. The quantitative estimate of drug-likeness (QED) is 0.0417. The number of nitrogens with one attached hydrogen (secondary N) is 5. The molecule has 12 heterocycles. The molecule has 512 valence electrons. The number of carboxylic acids is 1. The number of carbonyl (C=O) groups excluding carboxylic acids is 2. The highest BCUT2D eigenvalue weighted by Gasteiger charge is 2.48. The SMILES string of the molecule is CNc1cc(-c2cn(C(C)C)c3ncccc23)nc2c(C(=O)N[C@@H]3C[C@H]3O)cnn12.CNc1cc(-c2cn(C(C)C)c3ncccc23)nc2c(C(=O)N[C@@H]3C[C@H]3O[Si](C)(C)C(C)(C)C)cnn12.CNc1cc(-c2cn(C(C)C)c3ncccc23)nc2c(C(=O)O)cnn12.C[C@@H]1C[C@H]1N. The van der Waals surface area contributed by atoms with E-state index in [-0.39, 0.29) is 58.7 Å². The summed E-state index contributed by atoms with van der Waals surface area (Å²) in [6.07, 6.45) is 18.2. The number of rotatable bonds is 16. The average molecular weight is 1350 g/mol. The number of hydrogen-bond donors (Lipinski definition) is 8. The topological polar surface area (TPSA) is 331 Å². The van der Waals surface area contributed by atoms with Crippen LogP contribution in [0.25, 0.3) is 83.8 Å². The molecule has 98 heavy (non-hydrogen) atoms. The summed E-state index contributed by atoms with van der Waals surface area (Å²) >= 11 is 0. The van der Waals surface area contributed by atoms with Gasteiger partial charge in [0, 0.05) is 134 Å². The molecule has 3 aliphatic carbocycles. The van der Waals surface area contributed by atoms with Crippen LogP contribution in [-0.4, -0.2) is 160 Å². The van der Waals surface area contributed by atoms with Gasteiger partial charge in [0.15, 0.2) is 25.3 Å². The molecule has 27 nitrogen and oxygen atoms in total. The lowest BCUT2D eigenvalue weighted by atomic mass is 10.1. The number of amides is 2. The van der Waals surface area contributed by atoms with Gasteiger partial charge < -0.3 is 60.7 Å². The van der Waals surface area contributed by atoms with Crippen molar-refractivity contribution in [3.8, 4) is 33.8 Å². The normalized spacial score (nSPS) is 18.0. The number of fused-ring (bicyclic) bond motifs is 6. The van der Waals surface area contributed by atoms with Crippen molar-refractivity contribution in [1.82, 2.24) is 83.1 Å². The minimum Gasteiger partial charge on any atom is -0.477 e. The number of anilines is 3. The number of aromatic nitrogens is 15. The fourth-order valence-electron chi connectivity index (χ4n) is 11.5. The number of carbonyl (C=O) groups is 3. The van der Waals surface area contributed by atoms with Crippen LogP contribution in [0.5, 0.6) is 0 Å². The lowest BCUT2D eigenvalue weighted by molar-refractivity contribution is 0.0698. The average Bonchev–Trinajstić information content (AvgIpc) is 1.43. The van der Waals surface area contributed by atoms with Gasteiger partial charge in [-0.25, -0.2) is 34.7 Å². The number of aliphatic hydroxyl groups is 1. The fourth-order valence-corrected chi connectivity index (χ4v) is 12.9. The highest BCUT2D eigenvalue weighted by Crippen LogP contribution is 2.42. The molecule has 0 spiro atoms. The van der Waals surface area contributed by atoms with Crippen molar-refractivity contribution in [2.24, 2.45) is 11.7 Å². The Balaban J connectivity index is 0.000000137. The number of pyridine rings is 3. The van der Waals surface area contributed by atoms with Gasteiger partial charge in [0.1, 0.15) is 51.1 Å². The summed E-state index contributed by atoms with van der Waals surface area (Å²) in [5.74, 6) is 1.43. The maximum Gasteiger partial charge on any atom is 0.341 e. The predicted octanol–water partition coefficient (Wildman–Crippen LogP) is 10.9. The Labute approximate surface area is 567 Å². The molecule has 12 aromatic rings. The molecule has 0 saturated heterocycles. The van der Waals surface area contributed by atoms with Crippen LogP contribution < -0.4 is 32.3 Å². The predicted molar refractivity (Wildman–Crippen MR) is 383 cm³/mol. The Hall–Kier alpha value is -10.2. The Morgan fingerprint density at radius 2 is 0.908 bits per heavy atom. The van der Waals surface area contributed by atoms with Crippen LogP contribution in [0.15, 0.2) is 110 Å². The van der Waals surface area contributed by atoms with E-state index in [0.29, 0.717) is 52.0 Å². The van der Waals surface area contributed by atoms with Crippen molar-refractivity contribution in [3.05, 3.63) is 127 Å². The number of aromatic carboxylic acids is 1. The Morgan fingerprint density at radius 3 is 1.21 bits per heavy atom. The number of hydrogen-bond acceptors (Lipinski definition) is 18. The largest absolute Gasteiger partial charge is 0.477 e. The zero-order valence-corrected chi connectivity index (χ0v) is 59.0. The summed E-state index contributed by atoms with van der Waals surface area (Å²) in [4.78, 5) is 65.5. The lowest BCUT2D eigenvalue weighted by Gasteiger charge is -2.36. The van der Waals surface area contributed by atoms with Crippen LogP contribution in [0.4, 0.5) is 17.5 Å². The summed E-state index contributed by atoms with van der Waals surface area (Å²) in [5, 5.41) is 50.4. The highest BCUT2D eigenvalue weighted by atomic mass is 28.4. The molecule has 28 heteroatoms. The molecule has 0 aromatic carbocycles. The van der Waals surface area contributed by atoms with E-state index in [4.69, 9.17) is 20.1 Å². The zero-order valence-electron chi connectivity index (χ0n) is 58.0. The third-order valence-electron chi connectivity index (χ3n) is 18.7. The minimum atomic E-state index is -1.89. The van der Waals surface area contributed by atoms with Gasteiger partial charge in [-0.3, -0.25) is 9.59 Å². The number of carboxylic acid groups (broad SMARTS) is 1. The lowest BCUT2D eigenvalue weighted by Crippen LogP contribution is -2.42. The van der Waals surface area contributed by atoms with Crippen molar-refractivity contribution in [1.29, 1.82) is 0 Å². The molecule has 0 aliphatic heterocycles. The van der Waals surface area contributed by atoms with Crippen LogP contribution >= 0.6 is 0 Å². The van der Waals surface area contributed by atoms with Gasteiger partial charge >= 0.3 is 5.97 Å². The smallest absolute Gasteiger partial charge is 0.341 e. The second kappa shape index (κ2) is 26.7. The number of nitrogens with two attached hydrogens (primary N) is 1. The monoisotopic (exact) mass is 1350 g/mol. The maximum absolute atomic E-state index is 13.3. The van der Waals surface area contributed by atoms with Crippen LogP contribution in [-0.2, 0) is 4.43 Å². The molecule has 0 unspecified atom stereocenters. The first-order chi connectivity index (χ1) is 46.7. The summed E-state index contributed by atoms with van der Waals surface area (Å²) < 4.78 is 17.6. The maximum atomic E-state index is 13.3. The summed E-state index contributed by atoms with van der Waals surface area (Å²) in [6.45, 7) is 26.0. The summed E-state index contributed by atoms with van der Waals surface area (Å²) in [7, 11) is 3.52. The van der Waals surface area contributed by atoms with Crippen LogP contribution in [0.1, 0.15) is 138 Å². The highest BCUT2D eigenvalue weighted by molar-refractivity contribution is 6.74. The van der Waals surface area contributed by atoms with Gasteiger partial charge in [-0.2, -0.15) is 28.8 Å². The van der Waals surface area contributed by atoms with Gasteiger partial charge in [-0.15, -0.1) is 0 Å². The van der Waals surface area contributed by atoms with E-state index >= 15 is 0 Å². The molecule has 12 aromatic heterocycles. The van der Waals surface area contributed by atoms with Crippen LogP contribution in [0.3, 0.4) is 0 Å². The fraction of sp³-hybridized carbons (Fsp3) is 0.400. The van der Waals surface area contributed by atoms with Gasteiger partial charge in [0.05, 0.1) is 60.0 Å². The second-order valence-electron chi connectivity index (χ2n) is 27.8. The van der Waals surface area contributed by atoms with Crippen LogP contribution in [0, 0.1) is 5.92 Å². The van der Waals surface area contributed by atoms with Gasteiger partial charge in [0.25, 0.3) is 11.8 Å². The second-order valence-corrected chi connectivity index (χ2v) is 32.5. The Morgan fingerprint density at radius 1 is 0.571 bits per heavy atom. The summed E-state index contributed by atoms with van der Waals surface area (Å²) in [5.41, 5.74) is 15.2. The van der Waals surface area contributed by atoms with Crippen LogP contribution in [0.2, 0.25) is 18.1 Å². The van der Waals surface area contributed by atoms with Gasteiger partial charge in [-0.05, 0) is 121 Å². The van der Waals surface area contributed by atoms with Crippen molar-refractivity contribution >= 4 is 93.6 Å². The molecular formula is C70H87N21O6Si. The first-order valence-corrected chi connectivity index (χ1v) is 36.1. The van der Waals surface area contributed by atoms with E-state index in [0.717, 1.165) is 85.2 Å². The van der Waals surface area contributed by atoms with E-state index in [1.165, 1.54) is 23.3 Å². The van der Waals surface area contributed by atoms with Crippen molar-refractivity contribution < 1.29 is 29.0 Å².